The molecule has 6 amide bonds. The topological polar surface area (TPSA) is 357 Å². The van der Waals surface area contributed by atoms with Gasteiger partial charge in [-0.3, -0.25) is 43.1 Å². The molecule has 0 bridgehead atoms. The van der Waals surface area contributed by atoms with Crippen LogP contribution in [-0.4, -0.2) is 177 Å². The lowest BCUT2D eigenvalue weighted by Crippen LogP contribution is -2.49. The van der Waals surface area contributed by atoms with Gasteiger partial charge in [0.05, 0.1) is 79.1 Å². The number of imidazole rings is 1. The normalized spacial score (nSPS) is 26.4. The standard InChI is InChI=1S/C23H26N4O.2C17H22N4O.C17H24N2O2.C16H19N3O2.C16H23N3O2/c1-23(2,25-22(28)20-17-12-24-13-18(17)20)21-16-10-6-7-11-19(16)27(26-21)14-15-8-4-3-5-9-15;1-17(2,19-16(22)14-11-8-18-9-12(11)14)15-10-6-4-5-7-13(10)21(3)20-15;1-10-13-6-4-5-7-21(13)16(19-10)17(2,3)20-15(22)14-11-8-18-9-12(11)14;1-11-5-4-6-12(7-11)21-10-17(2,3)19-16(20)15-13-8-18-9-14(13)15;1-16(2,14-9-5-3-4-6-12(9)21-19-14)18-15(20)13-10-7-17-8-11(10)13;1-10-13(5-4-6-18-10)21-9-16(2,3)19-15(20)14-11-7-17-8-12(11)14/h3-11,17-18,20,24H,12-14H2,1-2H3,(H,25,28);4-7,11-12,14,18H,8-9H2,1-3H3,(H,19,22);4-7,11-12,14,18H,8-9H2,1-3H3,(H,20,22);4-7,13-15,18H,8-10H2,1-3H3,(H,19,20);3-6,10-11,13,17H,7-8H2,1-2H3,(H,18,20);4-6,11-12,14,17H,7-9H2,1-3H3,(H,19,20)/t17-,18+,20?;2*11-,12+,14?;13-,14+,15?;10-,11+,13?;11-,12+,14?. The summed E-state index contributed by atoms with van der Waals surface area (Å²) in [4.78, 5) is 84.0. The molecule has 0 radical (unpaired) electrons. The monoisotopic (exact) mass is 1830 g/mol. The maximum absolute atomic E-state index is 12.9. The van der Waals surface area contributed by atoms with Crippen molar-refractivity contribution in [2.75, 3.05) is 91.8 Å². The van der Waals surface area contributed by atoms with E-state index < -0.39 is 22.2 Å². The summed E-state index contributed by atoms with van der Waals surface area (Å²) in [5, 5.41) is 56.1. The predicted molar refractivity (Wildman–Crippen MR) is 520 cm³/mol. The van der Waals surface area contributed by atoms with E-state index in [1.54, 1.807) is 6.20 Å². The van der Waals surface area contributed by atoms with Crippen molar-refractivity contribution in [1.29, 1.82) is 0 Å². The third-order valence-corrected chi connectivity index (χ3v) is 30.2. The number of rotatable bonds is 24. The molecule has 6 aliphatic carbocycles. The third kappa shape index (κ3) is 20.2. The molecule has 12 heterocycles. The average molecular weight is 1830 g/mol. The Kier molecular flexibility index (Phi) is 26.1. The van der Waals surface area contributed by atoms with Crippen molar-refractivity contribution in [3.63, 3.8) is 0 Å². The van der Waals surface area contributed by atoms with Crippen molar-refractivity contribution >= 4 is 73.7 Å². The molecule has 12 aliphatic rings. The molecule has 6 saturated carbocycles. The number of nitrogens with one attached hydrogen (secondary N) is 12. The molecule has 18 atom stereocenters. The first-order valence-corrected chi connectivity index (χ1v) is 48.7. The van der Waals surface area contributed by atoms with Gasteiger partial charge in [0.15, 0.2) is 5.58 Å². The molecule has 135 heavy (non-hydrogen) atoms. The fourth-order valence-corrected chi connectivity index (χ4v) is 22.5. The number of hydrogen-bond acceptors (Lipinski definition) is 20. The molecule has 0 spiro atoms. The van der Waals surface area contributed by atoms with Crippen LogP contribution in [0.2, 0.25) is 0 Å². The van der Waals surface area contributed by atoms with Crippen molar-refractivity contribution in [3.05, 3.63) is 216 Å². The van der Waals surface area contributed by atoms with Gasteiger partial charge >= 0.3 is 0 Å². The van der Waals surface area contributed by atoms with Crippen LogP contribution >= 0.6 is 0 Å². The Labute approximate surface area is 791 Å². The Bertz CT molecular complexity index is 6020. The summed E-state index contributed by atoms with van der Waals surface area (Å²) in [6.45, 7) is 43.5. The number of amides is 6. The summed E-state index contributed by atoms with van der Waals surface area (Å²) in [6, 6.07) is 52.3. The second-order valence-corrected chi connectivity index (χ2v) is 43.3. The molecule has 23 rings (SSSR count). The van der Waals surface area contributed by atoms with E-state index in [0.29, 0.717) is 90.8 Å². The number of pyridine rings is 2. The molecule has 6 unspecified atom stereocenters. The highest BCUT2D eigenvalue weighted by molar-refractivity contribution is 5.90. The van der Waals surface area contributed by atoms with Crippen LogP contribution in [0.3, 0.4) is 0 Å². The van der Waals surface area contributed by atoms with E-state index in [1.807, 2.05) is 228 Å². The second-order valence-electron chi connectivity index (χ2n) is 43.3. The predicted octanol–water partition coefficient (Wildman–Crippen LogP) is 10.3. The summed E-state index contributed by atoms with van der Waals surface area (Å²) in [7, 11) is 1.95. The van der Waals surface area contributed by atoms with Gasteiger partial charge in [-0.25, -0.2) is 4.98 Å². The van der Waals surface area contributed by atoms with Gasteiger partial charge in [-0.05, 0) is 325 Å². The Morgan fingerprint density at radius 2 is 0.785 bits per heavy atom. The summed E-state index contributed by atoms with van der Waals surface area (Å²) < 4.78 is 23.0. The molecule has 12 fully saturated rings. The molecular weight excluding hydrogens is 1700 g/mol. The summed E-state index contributed by atoms with van der Waals surface area (Å²) >= 11 is 0. The Morgan fingerprint density at radius 3 is 1.26 bits per heavy atom. The SMILES string of the molecule is CC(C)(NC(=O)C1[C@H]2CNC[C@@H]12)c1nn(Cc2ccccc2)c2ccccc12.CC(C)(NC(=O)C1[C@H]2CNC[C@@H]12)c1noc2ccccc12.Cc1cccc(OCC(C)(C)NC(=O)C2[C@H]3CNC[C@@H]23)c1.Cc1nc(C(C)(C)NC(=O)C2[C@H]3CNC[C@@H]23)n2ccccc12.Cc1ncccc1OCC(C)(C)NC(=O)C1[C@H]2CNC[C@@H]12.Cn1nc(C(C)(C)NC(=O)C2[C@H]3CNC[C@@H]23)c2ccccc21. The van der Waals surface area contributed by atoms with Gasteiger partial charge in [0.25, 0.3) is 0 Å². The number of para-hydroxylation sites is 3. The molecule has 11 aromatic rings. The van der Waals surface area contributed by atoms with Crippen LogP contribution in [0.5, 0.6) is 11.5 Å². The Hall–Kier alpha value is -11.5. The van der Waals surface area contributed by atoms with Crippen LogP contribution < -0.4 is 73.3 Å². The highest BCUT2D eigenvalue weighted by Crippen LogP contribution is 2.54. The van der Waals surface area contributed by atoms with Crippen LogP contribution in [0.4, 0.5) is 0 Å². The second kappa shape index (κ2) is 37.6. The fraction of sp³-hybridized carbons (Fsp3) is 0.519. The zero-order valence-electron chi connectivity index (χ0n) is 80.9. The van der Waals surface area contributed by atoms with Gasteiger partial charge < -0.3 is 82.2 Å². The minimum atomic E-state index is -0.534. The van der Waals surface area contributed by atoms with E-state index in [-0.39, 0.29) is 82.0 Å². The zero-order valence-corrected chi connectivity index (χ0v) is 80.9. The molecule has 714 valence electrons. The van der Waals surface area contributed by atoms with Crippen LogP contribution in [0.1, 0.15) is 129 Å². The quantitative estimate of drug-likeness (QED) is 0.0267. The largest absolute Gasteiger partial charge is 0.491 e. The van der Waals surface area contributed by atoms with E-state index in [4.69, 9.17) is 24.1 Å². The van der Waals surface area contributed by atoms with Gasteiger partial charge in [-0.1, -0.05) is 102 Å². The number of carbonyl (C=O) groups excluding carboxylic acids is 6. The summed E-state index contributed by atoms with van der Waals surface area (Å²) in [5.74, 6) is 11.1. The first kappa shape index (κ1) is 93.9. The van der Waals surface area contributed by atoms with Crippen LogP contribution in [0, 0.1) is 127 Å². The van der Waals surface area contributed by atoms with E-state index >= 15 is 0 Å². The summed E-state index contributed by atoms with van der Waals surface area (Å²) in [5.41, 5.74) is 8.16. The first-order chi connectivity index (χ1) is 64.5. The number of piperidine rings is 6. The molecule has 6 aliphatic heterocycles. The van der Waals surface area contributed by atoms with Crippen molar-refractivity contribution < 1.29 is 42.8 Å². The van der Waals surface area contributed by atoms with Crippen molar-refractivity contribution in [2.24, 2.45) is 114 Å². The molecule has 6 aromatic heterocycles. The van der Waals surface area contributed by atoms with Gasteiger partial charge in [0.2, 0.25) is 35.4 Å². The van der Waals surface area contributed by atoms with Crippen LogP contribution in [-0.2, 0) is 64.5 Å². The van der Waals surface area contributed by atoms with E-state index in [2.05, 4.69) is 140 Å². The van der Waals surface area contributed by atoms with Gasteiger partial charge in [-0.15, -0.1) is 0 Å². The number of hydrogen-bond donors (Lipinski definition) is 12. The first-order valence-electron chi connectivity index (χ1n) is 48.7. The lowest BCUT2D eigenvalue weighted by atomic mass is 9.96. The number of nitrogens with zero attached hydrogens (tertiary/aromatic N) is 8. The van der Waals surface area contributed by atoms with E-state index in [0.717, 1.165) is 163 Å². The smallest absolute Gasteiger partial charge is 0.224 e. The zero-order chi connectivity index (χ0) is 95.0. The number of ether oxygens (including phenoxy) is 2. The van der Waals surface area contributed by atoms with Gasteiger partial charge in [-0.2, -0.15) is 10.2 Å². The van der Waals surface area contributed by atoms with Gasteiger partial charge in [0.1, 0.15) is 36.2 Å². The minimum absolute atomic E-state index is 0.142. The fourth-order valence-electron chi connectivity index (χ4n) is 22.5. The lowest BCUT2D eigenvalue weighted by Gasteiger charge is -2.27. The summed E-state index contributed by atoms with van der Waals surface area (Å²) in [6.07, 6.45) is 3.75. The van der Waals surface area contributed by atoms with E-state index in [1.165, 1.54) is 11.1 Å². The molecule has 6 saturated heterocycles. The van der Waals surface area contributed by atoms with Gasteiger partial charge in [0, 0.05) is 71.1 Å². The molecule has 29 heteroatoms. The molecular formula is C106H136N20O9. The van der Waals surface area contributed by atoms with E-state index in [9.17, 15) is 28.8 Å². The third-order valence-electron chi connectivity index (χ3n) is 30.2. The number of aryl methyl sites for hydroxylation is 4. The highest BCUT2D eigenvalue weighted by Gasteiger charge is 2.62. The maximum atomic E-state index is 12.9. The van der Waals surface area contributed by atoms with Crippen molar-refractivity contribution in [3.8, 4) is 11.5 Å². The lowest BCUT2D eigenvalue weighted by molar-refractivity contribution is -0.125. The number of aromatic nitrogens is 8. The van der Waals surface area contributed by atoms with Crippen molar-refractivity contribution in [2.45, 2.75) is 144 Å². The van der Waals surface area contributed by atoms with Crippen LogP contribution in [0.25, 0.3) is 38.3 Å². The maximum Gasteiger partial charge on any atom is 0.224 e. The number of benzene rings is 5. The number of fused-ring (bicyclic) bond motifs is 10. The molecule has 12 N–H and O–H groups in total. The Balaban J connectivity index is 0.000000108. The minimum Gasteiger partial charge on any atom is -0.491 e. The molecule has 5 aromatic carbocycles. The highest BCUT2D eigenvalue weighted by atomic mass is 16.5. The van der Waals surface area contributed by atoms with Crippen LogP contribution in [0.15, 0.2) is 175 Å². The Morgan fingerprint density at radius 1 is 0.393 bits per heavy atom. The average Bonchev–Trinajstić information content (AvgIpc) is 1.65. The van der Waals surface area contributed by atoms with Crippen molar-refractivity contribution in [1.82, 2.24) is 103 Å². The number of carbonyl (C=O) groups is 6. The molecule has 29 nitrogen and oxygen atoms in total.